The first kappa shape index (κ1) is 11.7. The van der Waals surface area contributed by atoms with Crippen LogP contribution < -0.4 is 4.90 Å². The van der Waals surface area contributed by atoms with Gasteiger partial charge in [0.1, 0.15) is 5.69 Å². The molecule has 0 aromatic heterocycles. The summed E-state index contributed by atoms with van der Waals surface area (Å²) in [5, 5.41) is 3.01. The van der Waals surface area contributed by atoms with Gasteiger partial charge in [-0.25, -0.2) is 0 Å². The number of benzene rings is 1. The lowest BCUT2D eigenvalue weighted by Gasteiger charge is -2.22. The quantitative estimate of drug-likeness (QED) is 0.693. The van der Waals surface area contributed by atoms with Gasteiger partial charge in [0.2, 0.25) is 0 Å². The average Bonchev–Trinajstić information content (AvgIpc) is 2.25. The number of nitrogens with zero attached hydrogens (tertiary/aromatic N) is 3. The number of para-hydroxylation sites is 1. The molecule has 0 fully saturated rings. The van der Waals surface area contributed by atoms with Gasteiger partial charge in [0, 0.05) is 20.1 Å². The zero-order valence-electron chi connectivity index (χ0n) is 9.47. The van der Waals surface area contributed by atoms with Crippen LogP contribution in [-0.4, -0.2) is 39.1 Å². The van der Waals surface area contributed by atoms with E-state index in [1.807, 2.05) is 44.2 Å². The molecule has 0 amide bonds. The first-order chi connectivity index (χ1) is 7.15. The molecule has 0 saturated carbocycles. The van der Waals surface area contributed by atoms with Crippen molar-refractivity contribution in [3.8, 4) is 0 Å². The second-order valence-electron chi connectivity index (χ2n) is 3.80. The fourth-order valence-electron chi connectivity index (χ4n) is 1.33. The molecule has 0 radical (unpaired) electrons. The minimum absolute atomic E-state index is 0.499. The van der Waals surface area contributed by atoms with Gasteiger partial charge in [-0.3, -0.25) is 0 Å². The second-order valence-corrected chi connectivity index (χ2v) is 3.80. The molecule has 0 atom stereocenters. The third kappa shape index (κ3) is 3.32. The van der Waals surface area contributed by atoms with E-state index in [1.54, 1.807) is 6.07 Å². The van der Waals surface area contributed by atoms with Crippen LogP contribution in [0.4, 0.5) is 11.4 Å². The van der Waals surface area contributed by atoms with Crippen molar-refractivity contribution in [1.82, 2.24) is 4.90 Å². The van der Waals surface area contributed by atoms with E-state index in [0.29, 0.717) is 5.69 Å². The number of anilines is 1. The highest BCUT2D eigenvalue weighted by atomic mass is 16.3. The summed E-state index contributed by atoms with van der Waals surface area (Å²) in [7, 11) is 6.02. The number of hydrogen-bond donors (Lipinski definition) is 0. The molecule has 0 aliphatic carbocycles. The fraction of sp³-hybridized carbons (Fsp3) is 0.455. The van der Waals surface area contributed by atoms with Gasteiger partial charge in [-0.05, 0) is 31.4 Å². The van der Waals surface area contributed by atoms with Crippen molar-refractivity contribution in [3.63, 3.8) is 0 Å². The molecule has 1 aromatic carbocycles. The molecular weight excluding hydrogens is 190 g/mol. The van der Waals surface area contributed by atoms with Crippen LogP contribution >= 0.6 is 0 Å². The molecule has 4 heteroatoms. The zero-order chi connectivity index (χ0) is 11.3. The van der Waals surface area contributed by atoms with Crippen molar-refractivity contribution in [2.75, 3.05) is 39.1 Å². The molecule has 0 bridgehead atoms. The standard InChI is InChI=1S/C11H17N3O/c1-13(2)8-9-14(3)11-7-5-4-6-10(11)12-15/h4-7H,8-9H2,1-3H3. The Hall–Kier alpha value is -1.42. The molecule has 4 nitrogen and oxygen atoms in total. The average molecular weight is 207 g/mol. The summed E-state index contributed by atoms with van der Waals surface area (Å²) in [5.41, 5.74) is 1.38. The molecular formula is C11H17N3O. The van der Waals surface area contributed by atoms with Crippen LogP contribution in [0.15, 0.2) is 29.4 Å². The lowest BCUT2D eigenvalue weighted by molar-refractivity contribution is 0.416. The highest BCUT2D eigenvalue weighted by Gasteiger charge is 2.06. The normalized spacial score (nSPS) is 10.4. The first-order valence-electron chi connectivity index (χ1n) is 4.93. The number of nitroso groups, excluding NO2 is 1. The molecule has 0 spiro atoms. The predicted molar refractivity (Wildman–Crippen MR) is 63.7 cm³/mol. The summed E-state index contributed by atoms with van der Waals surface area (Å²) in [5.74, 6) is 0. The Kier molecular flexibility index (Phi) is 4.24. The second kappa shape index (κ2) is 5.46. The Balaban J connectivity index is 2.72. The smallest absolute Gasteiger partial charge is 0.131 e. The van der Waals surface area contributed by atoms with Crippen molar-refractivity contribution in [3.05, 3.63) is 29.2 Å². The van der Waals surface area contributed by atoms with E-state index >= 15 is 0 Å². The molecule has 82 valence electrons. The van der Waals surface area contributed by atoms with Gasteiger partial charge in [-0.15, -0.1) is 4.91 Å². The van der Waals surface area contributed by atoms with E-state index in [1.165, 1.54) is 0 Å². The number of likely N-dealkylation sites (N-methyl/N-ethyl adjacent to an activating group) is 2. The third-order valence-corrected chi connectivity index (χ3v) is 2.27. The number of hydrogen-bond acceptors (Lipinski definition) is 4. The molecule has 0 aliphatic heterocycles. The van der Waals surface area contributed by atoms with Gasteiger partial charge in [0.15, 0.2) is 0 Å². The highest BCUT2D eigenvalue weighted by molar-refractivity contribution is 5.66. The molecule has 0 heterocycles. The Morgan fingerprint density at radius 1 is 1.13 bits per heavy atom. The molecule has 1 aromatic rings. The molecule has 0 N–H and O–H groups in total. The van der Waals surface area contributed by atoms with Crippen LogP contribution in [0.2, 0.25) is 0 Å². The molecule has 15 heavy (non-hydrogen) atoms. The minimum Gasteiger partial charge on any atom is -0.371 e. The monoisotopic (exact) mass is 207 g/mol. The molecule has 1 rings (SSSR count). The van der Waals surface area contributed by atoms with E-state index in [4.69, 9.17) is 0 Å². The highest BCUT2D eigenvalue weighted by Crippen LogP contribution is 2.26. The van der Waals surface area contributed by atoms with Crippen LogP contribution in [0.25, 0.3) is 0 Å². The van der Waals surface area contributed by atoms with Crippen molar-refractivity contribution in [2.24, 2.45) is 5.18 Å². The summed E-state index contributed by atoms with van der Waals surface area (Å²) in [6, 6.07) is 7.37. The van der Waals surface area contributed by atoms with Gasteiger partial charge in [-0.2, -0.15) is 0 Å². The van der Waals surface area contributed by atoms with Crippen LogP contribution in [0.1, 0.15) is 0 Å². The van der Waals surface area contributed by atoms with Gasteiger partial charge in [-0.1, -0.05) is 12.1 Å². The van der Waals surface area contributed by atoms with Crippen LogP contribution in [0.3, 0.4) is 0 Å². The maximum absolute atomic E-state index is 10.6. The van der Waals surface area contributed by atoms with Crippen LogP contribution in [-0.2, 0) is 0 Å². The van der Waals surface area contributed by atoms with E-state index < -0.39 is 0 Å². The Morgan fingerprint density at radius 2 is 1.80 bits per heavy atom. The Morgan fingerprint density at radius 3 is 2.40 bits per heavy atom. The topological polar surface area (TPSA) is 35.9 Å². The Labute approximate surface area is 90.5 Å². The zero-order valence-corrected chi connectivity index (χ0v) is 9.47. The van der Waals surface area contributed by atoms with E-state index in [-0.39, 0.29) is 0 Å². The fourth-order valence-corrected chi connectivity index (χ4v) is 1.33. The summed E-state index contributed by atoms with van der Waals surface area (Å²) < 4.78 is 0. The molecule has 0 aliphatic rings. The van der Waals surface area contributed by atoms with E-state index in [0.717, 1.165) is 18.8 Å². The lowest BCUT2D eigenvalue weighted by Crippen LogP contribution is -2.28. The van der Waals surface area contributed by atoms with Gasteiger partial charge in [0.05, 0.1) is 5.69 Å². The number of rotatable bonds is 5. The SMILES string of the molecule is CN(C)CCN(C)c1ccccc1N=O. The van der Waals surface area contributed by atoms with E-state index in [9.17, 15) is 4.91 Å². The molecule has 0 saturated heterocycles. The predicted octanol–water partition coefficient (Wildman–Crippen LogP) is 2.08. The summed E-state index contributed by atoms with van der Waals surface area (Å²) >= 11 is 0. The van der Waals surface area contributed by atoms with Gasteiger partial charge < -0.3 is 9.80 Å². The van der Waals surface area contributed by atoms with Gasteiger partial charge >= 0.3 is 0 Å². The maximum atomic E-state index is 10.6. The van der Waals surface area contributed by atoms with Crippen LogP contribution in [0, 0.1) is 4.91 Å². The van der Waals surface area contributed by atoms with Crippen molar-refractivity contribution in [1.29, 1.82) is 0 Å². The maximum Gasteiger partial charge on any atom is 0.131 e. The third-order valence-electron chi connectivity index (χ3n) is 2.27. The first-order valence-corrected chi connectivity index (χ1v) is 4.93. The largest absolute Gasteiger partial charge is 0.371 e. The summed E-state index contributed by atoms with van der Waals surface area (Å²) in [6.07, 6.45) is 0. The molecule has 0 unspecified atom stereocenters. The van der Waals surface area contributed by atoms with Crippen LogP contribution in [0.5, 0.6) is 0 Å². The summed E-state index contributed by atoms with van der Waals surface area (Å²) in [4.78, 5) is 14.7. The van der Waals surface area contributed by atoms with Gasteiger partial charge in [0.25, 0.3) is 0 Å². The Bertz CT molecular complexity index is 325. The van der Waals surface area contributed by atoms with Crippen molar-refractivity contribution >= 4 is 11.4 Å². The minimum atomic E-state index is 0.499. The van der Waals surface area contributed by atoms with Crippen molar-refractivity contribution < 1.29 is 0 Å². The summed E-state index contributed by atoms with van der Waals surface area (Å²) in [6.45, 7) is 1.82. The van der Waals surface area contributed by atoms with Crippen molar-refractivity contribution in [2.45, 2.75) is 0 Å². The lowest BCUT2D eigenvalue weighted by atomic mass is 10.2. The van der Waals surface area contributed by atoms with E-state index in [2.05, 4.69) is 10.1 Å².